The van der Waals surface area contributed by atoms with Gasteiger partial charge in [0.2, 0.25) is 5.91 Å². The number of carbonyl (C=O) groups excluding carboxylic acids is 1. The second kappa shape index (κ2) is 11.7. The summed E-state index contributed by atoms with van der Waals surface area (Å²) in [5.41, 5.74) is 10.1. The van der Waals surface area contributed by atoms with Crippen molar-refractivity contribution in [3.05, 3.63) is 78.4 Å². The van der Waals surface area contributed by atoms with Crippen LogP contribution in [0, 0.1) is 11.8 Å². The first-order valence-electron chi connectivity index (χ1n) is 14.4. The van der Waals surface area contributed by atoms with Crippen molar-refractivity contribution in [2.75, 3.05) is 25.4 Å². The highest BCUT2D eigenvalue weighted by atomic mass is 16.5. The number of nitrogens with two attached hydrogens (primary N) is 1. The molecule has 4 aromatic rings. The van der Waals surface area contributed by atoms with Crippen LogP contribution in [-0.4, -0.2) is 50.0 Å². The van der Waals surface area contributed by atoms with Gasteiger partial charge in [-0.2, -0.15) is 0 Å². The molecule has 0 radical (unpaired) electrons. The van der Waals surface area contributed by atoms with Crippen molar-refractivity contribution in [1.29, 1.82) is 0 Å². The van der Waals surface area contributed by atoms with E-state index in [-0.39, 0.29) is 24.3 Å². The van der Waals surface area contributed by atoms with Crippen molar-refractivity contribution >= 4 is 17.2 Å². The molecule has 0 spiro atoms. The first kappa shape index (κ1) is 26.3. The van der Waals surface area contributed by atoms with E-state index in [9.17, 15) is 9.90 Å². The highest BCUT2D eigenvalue weighted by Gasteiger charge is 2.33. The third-order valence-electron chi connectivity index (χ3n) is 8.59. The van der Waals surface area contributed by atoms with E-state index in [4.69, 9.17) is 15.5 Å². The number of nitrogen functional groups attached to an aromatic ring is 1. The summed E-state index contributed by atoms with van der Waals surface area (Å²) < 4.78 is 8.17. The number of nitrogens with zero attached hydrogens (tertiary/aromatic N) is 4. The Balaban J connectivity index is 1.20. The predicted molar refractivity (Wildman–Crippen MR) is 155 cm³/mol. The number of likely N-dealkylation sites (tertiary alicyclic amines) is 1. The zero-order chi connectivity index (χ0) is 27.5. The molecule has 1 saturated heterocycles. The van der Waals surface area contributed by atoms with Gasteiger partial charge in [0.05, 0.1) is 0 Å². The summed E-state index contributed by atoms with van der Waals surface area (Å²) in [5.74, 6) is 3.12. The largest absolute Gasteiger partial charge is 0.489 e. The number of imidazole rings is 1. The molecule has 2 fully saturated rings. The molecule has 1 aliphatic carbocycles. The van der Waals surface area contributed by atoms with Gasteiger partial charge in [-0.15, -0.1) is 0 Å². The lowest BCUT2D eigenvalue weighted by molar-refractivity contribution is -0.138. The van der Waals surface area contributed by atoms with Gasteiger partial charge in [0, 0.05) is 49.5 Å². The van der Waals surface area contributed by atoms with E-state index in [1.165, 1.54) is 0 Å². The van der Waals surface area contributed by atoms with Gasteiger partial charge in [-0.25, -0.2) is 9.97 Å². The van der Waals surface area contributed by atoms with Crippen LogP contribution in [0.25, 0.3) is 16.8 Å². The molecule has 2 aliphatic rings. The normalized spacial score (nSPS) is 20.1. The minimum Gasteiger partial charge on any atom is -0.489 e. The molecule has 6 rings (SSSR count). The Morgan fingerprint density at radius 1 is 1.00 bits per heavy atom. The summed E-state index contributed by atoms with van der Waals surface area (Å²) in [4.78, 5) is 24.8. The summed E-state index contributed by atoms with van der Waals surface area (Å²) >= 11 is 0. The average molecular weight is 540 g/mol. The summed E-state index contributed by atoms with van der Waals surface area (Å²) in [5, 5.41) is 9.42. The number of ether oxygens (including phenoxy) is 1. The molecule has 3 heterocycles. The Bertz CT molecular complexity index is 1450. The number of hydrogen-bond donors (Lipinski definition) is 2. The standard InChI is InChI=1S/C32H37N5O3/c33-30-29-28(26-7-4-8-27(19-26)40-21-23-5-2-1-3-6-23)35-31(37(29)18-15-34-30)24-9-11-25(12-10-24)32(39)36-16-13-22(20-38)14-17-36/h1-8,15,18-19,22,24-25,38H,9-14,16-17,20-21H2,(H2,33,34). The number of aliphatic hydroxyl groups is 1. The number of rotatable bonds is 7. The lowest BCUT2D eigenvalue weighted by Crippen LogP contribution is -2.43. The smallest absolute Gasteiger partial charge is 0.225 e. The predicted octanol–water partition coefficient (Wildman–Crippen LogP) is 5.06. The molecule has 2 aromatic heterocycles. The summed E-state index contributed by atoms with van der Waals surface area (Å²) in [6.45, 7) is 2.24. The van der Waals surface area contributed by atoms with Crippen molar-refractivity contribution in [2.45, 2.75) is 51.0 Å². The maximum Gasteiger partial charge on any atom is 0.225 e. The zero-order valence-electron chi connectivity index (χ0n) is 22.8. The fourth-order valence-corrected chi connectivity index (χ4v) is 6.24. The van der Waals surface area contributed by atoms with Crippen LogP contribution in [-0.2, 0) is 11.4 Å². The molecular formula is C32H37N5O3. The van der Waals surface area contributed by atoms with Crippen LogP contribution in [0.2, 0.25) is 0 Å². The zero-order valence-corrected chi connectivity index (χ0v) is 22.8. The molecule has 3 N–H and O–H groups in total. The third-order valence-corrected chi connectivity index (χ3v) is 8.59. The molecule has 8 nitrogen and oxygen atoms in total. The van der Waals surface area contributed by atoms with E-state index >= 15 is 0 Å². The molecule has 208 valence electrons. The number of amides is 1. The number of hydrogen-bond acceptors (Lipinski definition) is 6. The number of benzene rings is 2. The van der Waals surface area contributed by atoms with Crippen molar-refractivity contribution in [3.63, 3.8) is 0 Å². The van der Waals surface area contributed by atoms with Crippen molar-refractivity contribution < 1.29 is 14.6 Å². The van der Waals surface area contributed by atoms with Crippen molar-refractivity contribution in [2.24, 2.45) is 11.8 Å². The highest BCUT2D eigenvalue weighted by Crippen LogP contribution is 2.39. The number of fused-ring (bicyclic) bond motifs is 1. The Hall–Kier alpha value is -3.91. The molecule has 0 atom stereocenters. The Kier molecular flexibility index (Phi) is 7.68. The van der Waals surface area contributed by atoms with Gasteiger partial charge in [0.25, 0.3) is 0 Å². The quantitative estimate of drug-likeness (QED) is 0.340. The Labute approximate surface area is 234 Å². The SMILES string of the molecule is Nc1nccn2c(C3CCC(C(=O)N4CCC(CO)CC4)CC3)nc(-c3cccc(OCc4ccccc4)c3)c12. The summed E-state index contributed by atoms with van der Waals surface area (Å²) in [7, 11) is 0. The van der Waals surface area contributed by atoms with Gasteiger partial charge in [-0.05, 0) is 62.1 Å². The third kappa shape index (κ3) is 5.41. The monoisotopic (exact) mass is 539 g/mol. The van der Waals surface area contributed by atoms with Crippen LogP contribution in [0.1, 0.15) is 55.8 Å². The van der Waals surface area contributed by atoms with Crippen LogP contribution < -0.4 is 10.5 Å². The Morgan fingerprint density at radius 2 is 1.77 bits per heavy atom. The maximum absolute atomic E-state index is 13.2. The highest BCUT2D eigenvalue weighted by molar-refractivity contribution is 5.85. The number of anilines is 1. The molecule has 1 saturated carbocycles. The number of aliphatic hydroxyl groups excluding tert-OH is 1. The molecule has 40 heavy (non-hydrogen) atoms. The molecule has 0 unspecified atom stereocenters. The minimum atomic E-state index is 0.0674. The molecule has 0 bridgehead atoms. The van der Waals surface area contributed by atoms with E-state index in [0.717, 1.165) is 85.5 Å². The number of aromatic nitrogens is 3. The minimum absolute atomic E-state index is 0.0674. The lowest BCUT2D eigenvalue weighted by Gasteiger charge is -2.35. The van der Waals surface area contributed by atoms with Crippen LogP contribution in [0.15, 0.2) is 67.0 Å². The summed E-state index contributed by atoms with van der Waals surface area (Å²) in [6, 6.07) is 18.1. The maximum atomic E-state index is 13.2. The molecule has 1 amide bonds. The van der Waals surface area contributed by atoms with Crippen LogP contribution in [0.5, 0.6) is 5.75 Å². The van der Waals surface area contributed by atoms with Gasteiger partial charge in [-0.1, -0.05) is 42.5 Å². The molecular weight excluding hydrogens is 502 g/mol. The van der Waals surface area contributed by atoms with Gasteiger partial charge in [-0.3, -0.25) is 9.20 Å². The van der Waals surface area contributed by atoms with Crippen molar-refractivity contribution in [1.82, 2.24) is 19.3 Å². The number of piperidine rings is 1. The molecule has 2 aromatic carbocycles. The first-order valence-corrected chi connectivity index (χ1v) is 14.4. The average Bonchev–Trinajstić information content (AvgIpc) is 3.42. The van der Waals surface area contributed by atoms with E-state index in [2.05, 4.69) is 9.38 Å². The first-order chi connectivity index (χ1) is 19.6. The fourth-order valence-electron chi connectivity index (χ4n) is 6.24. The van der Waals surface area contributed by atoms with Gasteiger partial charge >= 0.3 is 0 Å². The van der Waals surface area contributed by atoms with Crippen LogP contribution >= 0.6 is 0 Å². The topological polar surface area (TPSA) is 106 Å². The Morgan fingerprint density at radius 3 is 2.52 bits per heavy atom. The van der Waals surface area contributed by atoms with Crippen LogP contribution in [0.4, 0.5) is 5.82 Å². The second-order valence-electron chi connectivity index (χ2n) is 11.2. The lowest BCUT2D eigenvalue weighted by atomic mass is 9.80. The van der Waals surface area contributed by atoms with Gasteiger partial charge in [0.1, 0.15) is 35.2 Å². The molecule has 8 heteroatoms. The second-order valence-corrected chi connectivity index (χ2v) is 11.2. The van der Waals surface area contributed by atoms with E-state index in [1.807, 2.05) is 65.7 Å². The van der Waals surface area contributed by atoms with Crippen molar-refractivity contribution in [3.8, 4) is 17.0 Å². The van der Waals surface area contributed by atoms with Gasteiger partial charge < -0.3 is 20.5 Å². The van der Waals surface area contributed by atoms with E-state index < -0.39 is 0 Å². The summed E-state index contributed by atoms with van der Waals surface area (Å²) in [6.07, 6.45) is 8.99. The number of carbonyl (C=O) groups is 1. The fraction of sp³-hybridized carbons (Fsp3) is 0.406. The molecule has 1 aliphatic heterocycles. The van der Waals surface area contributed by atoms with Gasteiger partial charge in [0.15, 0.2) is 0 Å². The van der Waals surface area contributed by atoms with E-state index in [1.54, 1.807) is 6.20 Å². The van der Waals surface area contributed by atoms with E-state index in [0.29, 0.717) is 18.3 Å². The van der Waals surface area contributed by atoms with Crippen LogP contribution in [0.3, 0.4) is 0 Å².